The molecule has 0 aromatic carbocycles. The molecule has 2 heterocycles. The van der Waals surface area contributed by atoms with E-state index in [1.165, 1.54) is 24.6 Å². The fourth-order valence-corrected chi connectivity index (χ4v) is 2.97. The van der Waals surface area contributed by atoms with Crippen LogP contribution in [-0.4, -0.2) is 50.9 Å². The SMILES string of the molecule is CCOC(=O)c1sc2ncnc(NCC(C)(O)C(=O)O)c2c1C. The number of aliphatic carboxylic acids is 1. The molecule has 2 aromatic rings. The first-order chi connectivity index (χ1) is 10.8. The second-order valence-electron chi connectivity index (χ2n) is 5.11. The summed E-state index contributed by atoms with van der Waals surface area (Å²) in [6.45, 7) is 4.69. The molecule has 1 atom stereocenters. The van der Waals surface area contributed by atoms with E-state index in [1.807, 2.05) is 0 Å². The van der Waals surface area contributed by atoms with Crippen molar-refractivity contribution in [3.05, 3.63) is 16.8 Å². The molecule has 0 amide bonds. The van der Waals surface area contributed by atoms with Crippen molar-refractivity contribution >= 4 is 39.3 Å². The Balaban J connectivity index is 2.38. The summed E-state index contributed by atoms with van der Waals surface area (Å²) in [6.07, 6.45) is 1.31. The molecule has 0 saturated heterocycles. The van der Waals surface area contributed by atoms with Gasteiger partial charge < -0.3 is 20.3 Å². The van der Waals surface area contributed by atoms with Crippen LogP contribution in [0.1, 0.15) is 29.1 Å². The highest BCUT2D eigenvalue weighted by molar-refractivity contribution is 7.20. The molecular formula is C14H17N3O5S. The number of anilines is 1. The van der Waals surface area contributed by atoms with Gasteiger partial charge in [-0.1, -0.05) is 0 Å². The van der Waals surface area contributed by atoms with Gasteiger partial charge in [0.2, 0.25) is 0 Å². The minimum Gasteiger partial charge on any atom is -0.479 e. The molecule has 2 aromatic heterocycles. The van der Waals surface area contributed by atoms with E-state index in [2.05, 4.69) is 15.3 Å². The molecule has 3 N–H and O–H groups in total. The summed E-state index contributed by atoms with van der Waals surface area (Å²) in [5.41, 5.74) is -1.29. The molecule has 2 rings (SSSR count). The van der Waals surface area contributed by atoms with Gasteiger partial charge in [0.25, 0.3) is 0 Å². The topological polar surface area (TPSA) is 122 Å². The van der Waals surface area contributed by atoms with Crippen LogP contribution < -0.4 is 5.32 Å². The van der Waals surface area contributed by atoms with Crippen molar-refractivity contribution in [2.45, 2.75) is 26.4 Å². The van der Waals surface area contributed by atoms with E-state index in [9.17, 15) is 14.7 Å². The summed E-state index contributed by atoms with van der Waals surface area (Å²) in [5, 5.41) is 22.1. The van der Waals surface area contributed by atoms with Crippen LogP contribution in [0.5, 0.6) is 0 Å². The van der Waals surface area contributed by atoms with Gasteiger partial charge in [-0.15, -0.1) is 11.3 Å². The average Bonchev–Trinajstić information content (AvgIpc) is 2.83. The number of aryl methyl sites for hydroxylation is 1. The summed E-state index contributed by atoms with van der Waals surface area (Å²) in [4.78, 5) is 32.1. The van der Waals surface area contributed by atoms with E-state index in [4.69, 9.17) is 9.84 Å². The summed E-state index contributed by atoms with van der Waals surface area (Å²) < 4.78 is 5.01. The van der Waals surface area contributed by atoms with Crippen LogP contribution in [0.25, 0.3) is 10.2 Å². The number of carbonyl (C=O) groups is 2. The van der Waals surface area contributed by atoms with Gasteiger partial charge in [-0.25, -0.2) is 19.6 Å². The maximum atomic E-state index is 12.0. The fourth-order valence-electron chi connectivity index (χ4n) is 1.93. The van der Waals surface area contributed by atoms with Crippen molar-refractivity contribution < 1.29 is 24.5 Å². The minimum absolute atomic E-state index is 0.238. The molecule has 0 aliphatic carbocycles. The quantitative estimate of drug-likeness (QED) is 0.676. The number of esters is 1. The van der Waals surface area contributed by atoms with Crippen molar-refractivity contribution in [3.63, 3.8) is 0 Å². The Morgan fingerprint density at radius 3 is 2.74 bits per heavy atom. The number of aromatic nitrogens is 2. The molecule has 0 aliphatic rings. The number of thiophene rings is 1. The number of nitrogens with one attached hydrogen (secondary N) is 1. The Morgan fingerprint density at radius 1 is 1.43 bits per heavy atom. The third-order valence-electron chi connectivity index (χ3n) is 3.25. The lowest BCUT2D eigenvalue weighted by atomic mass is 10.1. The maximum absolute atomic E-state index is 12.0. The minimum atomic E-state index is -1.94. The van der Waals surface area contributed by atoms with E-state index in [1.54, 1.807) is 13.8 Å². The maximum Gasteiger partial charge on any atom is 0.348 e. The van der Waals surface area contributed by atoms with Crippen molar-refractivity contribution in [1.82, 2.24) is 9.97 Å². The van der Waals surface area contributed by atoms with Gasteiger partial charge in [-0.3, -0.25) is 0 Å². The lowest BCUT2D eigenvalue weighted by Gasteiger charge is -2.18. The Kier molecular flexibility index (Phi) is 4.81. The van der Waals surface area contributed by atoms with Crippen molar-refractivity contribution in [1.29, 1.82) is 0 Å². The first kappa shape index (κ1) is 17.1. The van der Waals surface area contributed by atoms with E-state index < -0.39 is 17.5 Å². The second kappa shape index (κ2) is 6.47. The predicted molar refractivity (Wildman–Crippen MR) is 84.9 cm³/mol. The molecule has 124 valence electrons. The molecule has 0 saturated carbocycles. The molecule has 0 bridgehead atoms. The highest BCUT2D eigenvalue weighted by Gasteiger charge is 2.30. The Bertz CT molecular complexity index is 756. The lowest BCUT2D eigenvalue weighted by molar-refractivity contribution is -0.155. The van der Waals surface area contributed by atoms with Crippen LogP contribution in [0, 0.1) is 6.92 Å². The zero-order chi connectivity index (χ0) is 17.2. The summed E-state index contributed by atoms with van der Waals surface area (Å²) >= 11 is 1.18. The number of nitrogens with zero attached hydrogens (tertiary/aromatic N) is 2. The molecule has 9 heteroatoms. The number of fused-ring (bicyclic) bond motifs is 1. The number of aliphatic hydroxyl groups is 1. The molecule has 8 nitrogen and oxygen atoms in total. The third-order valence-corrected chi connectivity index (χ3v) is 4.43. The number of carboxylic acids is 1. The molecule has 0 aliphatic heterocycles. The van der Waals surface area contributed by atoms with Gasteiger partial charge in [0.15, 0.2) is 5.60 Å². The zero-order valence-corrected chi connectivity index (χ0v) is 13.7. The van der Waals surface area contributed by atoms with Crippen LogP contribution >= 0.6 is 11.3 Å². The van der Waals surface area contributed by atoms with Gasteiger partial charge in [0.05, 0.1) is 18.5 Å². The third kappa shape index (κ3) is 3.40. The summed E-state index contributed by atoms with van der Waals surface area (Å²) in [5.74, 6) is -1.41. The van der Waals surface area contributed by atoms with E-state index in [-0.39, 0.29) is 13.2 Å². The second-order valence-corrected chi connectivity index (χ2v) is 6.11. The number of carbonyl (C=O) groups excluding carboxylic acids is 1. The van der Waals surface area contributed by atoms with Crippen molar-refractivity contribution in [3.8, 4) is 0 Å². The fraction of sp³-hybridized carbons (Fsp3) is 0.429. The van der Waals surface area contributed by atoms with Crippen LogP contribution in [0.4, 0.5) is 5.82 Å². The van der Waals surface area contributed by atoms with E-state index >= 15 is 0 Å². The molecular weight excluding hydrogens is 322 g/mol. The van der Waals surface area contributed by atoms with Crippen LogP contribution in [-0.2, 0) is 9.53 Å². The van der Waals surface area contributed by atoms with Gasteiger partial charge in [-0.2, -0.15) is 0 Å². The highest BCUT2D eigenvalue weighted by Crippen LogP contribution is 2.33. The number of hydrogen-bond acceptors (Lipinski definition) is 8. The van der Waals surface area contributed by atoms with Crippen molar-refractivity contribution in [2.24, 2.45) is 0 Å². The number of carboxylic acid groups (broad SMARTS) is 1. The largest absolute Gasteiger partial charge is 0.479 e. The van der Waals surface area contributed by atoms with Gasteiger partial charge in [0.1, 0.15) is 21.9 Å². The average molecular weight is 339 g/mol. The van der Waals surface area contributed by atoms with Crippen LogP contribution in [0.15, 0.2) is 6.33 Å². The summed E-state index contributed by atoms with van der Waals surface area (Å²) in [7, 11) is 0. The standard InChI is InChI=1S/C14H17N3O5S/c1-4-22-12(18)9-7(2)8-10(16-6-17-11(8)23-9)15-5-14(3,21)13(19)20/h6,21H,4-5H2,1-3H3,(H,19,20)(H,15,16,17). The van der Waals surface area contributed by atoms with Gasteiger partial charge in [0, 0.05) is 0 Å². The molecule has 0 fully saturated rings. The van der Waals surface area contributed by atoms with Crippen molar-refractivity contribution in [2.75, 3.05) is 18.5 Å². The first-order valence-corrected chi connectivity index (χ1v) is 7.70. The summed E-state index contributed by atoms with van der Waals surface area (Å²) in [6, 6.07) is 0. The highest BCUT2D eigenvalue weighted by atomic mass is 32.1. The predicted octanol–water partition coefficient (Wildman–Crippen LogP) is 1.42. The molecule has 0 radical (unpaired) electrons. The number of hydrogen-bond donors (Lipinski definition) is 3. The molecule has 1 unspecified atom stereocenters. The normalized spacial score (nSPS) is 13.6. The number of ether oxygens (including phenoxy) is 1. The number of rotatable bonds is 6. The zero-order valence-electron chi connectivity index (χ0n) is 12.9. The van der Waals surface area contributed by atoms with Crippen LogP contribution in [0.2, 0.25) is 0 Å². The van der Waals surface area contributed by atoms with E-state index in [0.29, 0.717) is 26.5 Å². The Morgan fingerprint density at radius 2 is 2.13 bits per heavy atom. The molecule has 23 heavy (non-hydrogen) atoms. The van der Waals surface area contributed by atoms with Gasteiger partial charge >= 0.3 is 11.9 Å². The Hall–Kier alpha value is -2.26. The Labute approximate surface area is 136 Å². The van der Waals surface area contributed by atoms with Gasteiger partial charge in [-0.05, 0) is 26.3 Å². The van der Waals surface area contributed by atoms with Crippen LogP contribution in [0.3, 0.4) is 0 Å². The monoisotopic (exact) mass is 339 g/mol. The lowest BCUT2D eigenvalue weighted by Crippen LogP contribution is -2.42. The smallest absolute Gasteiger partial charge is 0.348 e. The van der Waals surface area contributed by atoms with E-state index in [0.717, 1.165) is 0 Å². The molecule has 0 spiro atoms. The first-order valence-electron chi connectivity index (χ1n) is 6.88.